The second-order valence-corrected chi connectivity index (χ2v) is 4.72. The third-order valence-corrected chi connectivity index (χ3v) is 2.99. The highest BCUT2D eigenvalue weighted by Gasteiger charge is 2.10. The van der Waals surface area contributed by atoms with Crippen LogP contribution >= 0.6 is 11.6 Å². The maximum absolute atomic E-state index is 11.9. The van der Waals surface area contributed by atoms with Gasteiger partial charge in [0.25, 0.3) is 0 Å². The standard InChI is InChI=1S/C17H12ClNO2/c18-16-8-6-13(7-9-16)10-15(11-19)17(20)21-12-14-4-2-1-3-5-14/h1-10H,12H2. The van der Waals surface area contributed by atoms with Gasteiger partial charge in [-0.05, 0) is 29.3 Å². The summed E-state index contributed by atoms with van der Waals surface area (Å²) in [5.74, 6) is -0.642. The molecule has 0 amide bonds. The van der Waals surface area contributed by atoms with Gasteiger partial charge >= 0.3 is 5.97 Å². The molecule has 3 nitrogen and oxygen atoms in total. The zero-order valence-electron chi connectivity index (χ0n) is 11.1. The Hall–Kier alpha value is -2.57. The van der Waals surface area contributed by atoms with E-state index < -0.39 is 5.97 Å². The van der Waals surface area contributed by atoms with Crippen LogP contribution in [-0.2, 0) is 16.1 Å². The number of hydrogen-bond donors (Lipinski definition) is 0. The van der Waals surface area contributed by atoms with Crippen LogP contribution in [0.25, 0.3) is 6.08 Å². The lowest BCUT2D eigenvalue weighted by atomic mass is 10.1. The summed E-state index contributed by atoms with van der Waals surface area (Å²) in [6.07, 6.45) is 1.48. The Morgan fingerprint density at radius 3 is 2.43 bits per heavy atom. The van der Waals surface area contributed by atoms with Crippen LogP contribution in [0.5, 0.6) is 0 Å². The SMILES string of the molecule is N#CC(=Cc1ccc(Cl)cc1)C(=O)OCc1ccccc1. The molecule has 0 aliphatic heterocycles. The lowest BCUT2D eigenvalue weighted by Crippen LogP contribution is -2.06. The Kier molecular flexibility index (Phi) is 5.14. The molecule has 2 rings (SSSR count). The molecule has 4 heteroatoms. The Labute approximate surface area is 128 Å². The van der Waals surface area contributed by atoms with Crippen LogP contribution in [-0.4, -0.2) is 5.97 Å². The van der Waals surface area contributed by atoms with Crippen molar-refractivity contribution in [2.24, 2.45) is 0 Å². The number of nitrogens with zero attached hydrogens (tertiary/aromatic N) is 1. The summed E-state index contributed by atoms with van der Waals surface area (Å²) in [5.41, 5.74) is 1.54. The number of halogens is 1. The zero-order chi connectivity index (χ0) is 15.1. The second kappa shape index (κ2) is 7.28. The van der Waals surface area contributed by atoms with Crippen LogP contribution < -0.4 is 0 Å². The third-order valence-electron chi connectivity index (χ3n) is 2.73. The fourth-order valence-corrected chi connectivity index (χ4v) is 1.79. The van der Waals surface area contributed by atoms with Gasteiger partial charge in [-0.2, -0.15) is 5.26 Å². The summed E-state index contributed by atoms with van der Waals surface area (Å²) < 4.78 is 5.12. The minimum atomic E-state index is -0.642. The highest BCUT2D eigenvalue weighted by Crippen LogP contribution is 2.13. The molecule has 0 N–H and O–H groups in total. The molecule has 0 aromatic heterocycles. The number of rotatable bonds is 4. The van der Waals surface area contributed by atoms with Crippen molar-refractivity contribution < 1.29 is 9.53 Å². The normalized spacial score (nSPS) is 10.8. The van der Waals surface area contributed by atoms with Crippen molar-refractivity contribution in [3.63, 3.8) is 0 Å². The van der Waals surface area contributed by atoms with Gasteiger partial charge in [0.2, 0.25) is 0 Å². The number of esters is 1. The fraction of sp³-hybridized carbons (Fsp3) is 0.0588. The minimum Gasteiger partial charge on any atom is -0.457 e. The summed E-state index contributed by atoms with van der Waals surface area (Å²) in [7, 11) is 0. The van der Waals surface area contributed by atoms with E-state index in [0.29, 0.717) is 10.6 Å². The molecule has 104 valence electrons. The third kappa shape index (κ3) is 4.48. The molecule has 0 saturated heterocycles. The molecule has 0 radical (unpaired) electrons. The molecule has 0 bridgehead atoms. The first-order valence-corrected chi connectivity index (χ1v) is 6.65. The molecule has 0 unspecified atom stereocenters. The summed E-state index contributed by atoms with van der Waals surface area (Å²) in [6, 6.07) is 18.0. The molecule has 0 aliphatic carbocycles. The molecular formula is C17H12ClNO2. The van der Waals surface area contributed by atoms with Crippen LogP contribution in [0.3, 0.4) is 0 Å². The van der Waals surface area contributed by atoms with Gasteiger partial charge in [0, 0.05) is 5.02 Å². The van der Waals surface area contributed by atoms with Gasteiger partial charge in [-0.15, -0.1) is 0 Å². The first kappa shape index (κ1) is 14.8. The predicted octanol–water partition coefficient (Wildman–Crippen LogP) is 3.99. The molecule has 0 saturated carbocycles. The highest BCUT2D eigenvalue weighted by atomic mass is 35.5. The predicted molar refractivity (Wildman–Crippen MR) is 81.3 cm³/mol. The monoisotopic (exact) mass is 297 g/mol. The van der Waals surface area contributed by atoms with Gasteiger partial charge in [0.05, 0.1) is 0 Å². The first-order chi connectivity index (χ1) is 10.2. The van der Waals surface area contributed by atoms with E-state index in [1.807, 2.05) is 36.4 Å². The average Bonchev–Trinajstić information content (AvgIpc) is 2.53. The van der Waals surface area contributed by atoms with Crippen LogP contribution in [0.15, 0.2) is 60.2 Å². The smallest absolute Gasteiger partial charge is 0.349 e. The molecule has 2 aromatic rings. The number of carbonyl (C=O) groups is 1. The number of hydrogen-bond acceptors (Lipinski definition) is 3. The van der Waals surface area contributed by atoms with Crippen molar-refractivity contribution in [1.82, 2.24) is 0 Å². The van der Waals surface area contributed by atoms with Crippen LogP contribution in [0.2, 0.25) is 5.02 Å². The summed E-state index contributed by atoms with van der Waals surface area (Å²) in [4.78, 5) is 11.9. The molecule has 2 aromatic carbocycles. The highest BCUT2D eigenvalue weighted by molar-refractivity contribution is 6.30. The molecule has 0 heterocycles. The van der Waals surface area contributed by atoms with Gasteiger partial charge in [0.1, 0.15) is 18.2 Å². The van der Waals surface area contributed by atoms with E-state index in [9.17, 15) is 4.79 Å². The largest absolute Gasteiger partial charge is 0.457 e. The molecule has 21 heavy (non-hydrogen) atoms. The van der Waals surface area contributed by atoms with Gasteiger partial charge in [-0.1, -0.05) is 54.1 Å². The Bertz CT molecular complexity index is 685. The van der Waals surface area contributed by atoms with E-state index in [-0.39, 0.29) is 12.2 Å². The topological polar surface area (TPSA) is 50.1 Å². The molecule has 0 atom stereocenters. The van der Waals surface area contributed by atoms with E-state index in [1.54, 1.807) is 24.3 Å². The van der Waals surface area contributed by atoms with E-state index in [2.05, 4.69) is 0 Å². The average molecular weight is 298 g/mol. The van der Waals surface area contributed by atoms with Crippen molar-refractivity contribution in [1.29, 1.82) is 5.26 Å². The molecule has 0 fully saturated rings. The Balaban J connectivity index is 2.05. The number of nitriles is 1. The second-order valence-electron chi connectivity index (χ2n) is 4.28. The molecule has 0 aliphatic rings. The lowest BCUT2D eigenvalue weighted by Gasteiger charge is -2.04. The Morgan fingerprint density at radius 1 is 1.14 bits per heavy atom. The van der Waals surface area contributed by atoms with Crippen LogP contribution in [0.1, 0.15) is 11.1 Å². The number of ether oxygens (including phenoxy) is 1. The molecular weight excluding hydrogens is 286 g/mol. The van der Waals surface area contributed by atoms with Gasteiger partial charge in [0.15, 0.2) is 0 Å². The molecule has 0 spiro atoms. The van der Waals surface area contributed by atoms with Crippen molar-refractivity contribution in [3.8, 4) is 6.07 Å². The fourth-order valence-electron chi connectivity index (χ4n) is 1.66. The van der Waals surface area contributed by atoms with Crippen LogP contribution in [0.4, 0.5) is 0 Å². The summed E-state index contributed by atoms with van der Waals surface area (Å²) >= 11 is 5.78. The van der Waals surface area contributed by atoms with E-state index in [4.69, 9.17) is 21.6 Å². The van der Waals surface area contributed by atoms with Crippen molar-refractivity contribution >= 4 is 23.6 Å². The Morgan fingerprint density at radius 2 is 1.81 bits per heavy atom. The maximum Gasteiger partial charge on any atom is 0.349 e. The van der Waals surface area contributed by atoms with E-state index >= 15 is 0 Å². The van der Waals surface area contributed by atoms with Gasteiger partial charge < -0.3 is 4.74 Å². The van der Waals surface area contributed by atoms with Crippen molar-refractivity contribution in [2.45, 2.75) is 6.61 Å². The number of carbonyl (C=O) groups excluding carboxylic acids is 1. The van der Waals surface area contributed by atoms with Gasteiger partial charge in [-0.25, -0.2) is 4.79 Å². The summed E-state index contributed by atoms with van der Waals surface area (Å²) in [6.45, 7) is 0.138. The van der Waals surface area contributed by atoms with Gasteiger partial charge in [-0.3, -0.25) is 0 Å². The van der Waals surface area contributed by atoms with E-state index in [1.165, 1.54) is 6.08 Å². The van der Waals surface area contributed by atoms with Crippen LogP contribution in [0, 0.1) is 11.3 Å². The maximum atomic E-state index is 11.9. The first-order valence-electron chi connectivity index (χ1n) is 6.27. The minimum absolute atomic E-state index is 0.0479. The van der Waals surface area contributed by atoms with E-state index in [0.717, 1.165) is 5.56 Å². The quantitative estimate of drug-likeness (QED) is 0.487. The number of benzene rings is 2. The van der Waals surface area contributed by atoms with Crippen molar-refractivity contribution in [2.75, 3.05) is 0 Å². The summed E-state index contributed by atoms with van der Waals surface area (Å²) in [5, 5.41) is 9.66. The lowest BCUT2D eigenvalue weighted by molar-refractivity contribution is -0.139. The zero-order valence-corrected chi connectivity index (χ0v) is 11.9. The van der Waals surface area contributed by atoms with Crippen molar-refractivity contribution in [3.05, 3.63) is 76.3 Å².